The minimum absolute atomic E-state index is 0.126. The summed E-state index contributed by atoms with van der Waals surface area (Å²) >= 11 is 1.66. The molecule has 2 atom stereocenters. The molecule has 0 aromatic carbocycles. The number of hydrogen-bond acceptors (Lipinski definition) is 4. The van der Waals surface area contributed by atoms with E-state index in [4.69, 9.17) is 4.74 Å². The van der Waals surface area contributed by atoms with Crippen LogP contribution in [0.2, 0.25) is 0 Å². The molecule has 0 aliphatic carbocycles. The van der Waals surface area contributed by atoms with Crippen LogP contribution in [0.5, 0.6) is 0 Å². The number of thiophene rings is 1. The van der Waals surface area contributed by atoms with Crippen LogP contribution in [-0.4, -0.2) is 43.2 Å². The Morgan fingerprint density at radius 2 is 2.42 bits per heavy atom. The SMILES string of the molecule is O=C1NCCN(C[C@H]2CCCCO2)[C@H]1c1cccs1. The maximum absolute atomic E-state index is 12.2. The molecular formula is C14H20N2O2S. The molecule has 0 saturated carbocycles. The van der Waals surface area contributed by atoms with Gasteiger partial charge < -0.3 is 10.1 Å². The molecule has 0 spiro atoms. The second-order valence-electron chi connectivity index (χ2n) is 5.19. The van der Waals surface area contributed by atoms with Crippen molar-refractivity contribution in [3.63, 3.8) is 0 Å². The Labute approximate surface area is 117 Å². The zero-order valence-electron chi connectivity index (χ0n) is 11.0. The fourth-order valence-corrected chi connectivity index (χ4v) is 3.74. The highest BCUT2D eigenvalue weighted by atomic mass is 32.1. The largest absolute Gasteiger partial charge is 0.377 e. The minimum atomic E-state index is -0.126. The van der Waals surface area contributed by atoms with Gasteiger partial charge in [0.15, 0.2) is 0 Å². The topological polar surface area (TPSA) is 41.6 Å². The highest BCUT2D eigenvalue weighted by Gasteiger charge is 2.33. The molecule has 2 aliphatic rings. The number of amides is 1. The summed E-state index contributed by atoms with van der Waals surface area (Å²) in [7, 11) is 0. The van der Waals surface area contributed by atoms with E-state index >= 15 is 0 Å². The van der Waals surface area contributed by atoms with E-state index in [0.717, 1.165) is 37.5 Å². The number of carbonyl (C=O) groups is 1. The number of hydrogen-bond donors (Lipinski definition) is 1. The highest BCUT2D eigenvalue weighted by Crippen LogP contribution is 2.28. The van der Waals surface area contributed by atoms with Crippen LogP contribution < -0.4 is 5.32 Å². The fourth-order valence-electron chi connectivity index (χ4n) is 2.88. The van der Waals surface area contributed by atoms with Crippen molar-refractivity contribution in [1.82, 2.24) is 10.2 Å². The summed E-state index contributed by atoms with van der Waals surface area (Å²) in [6, 6.07) is 3.94. The molecule has 19 heavy (non-hydrogen) atoms. The van der Waals surface area contributed by atoms with Crippen LogP contribution in [-0.2, 0) is 9.53 Å². The number of ether oxygens (including phenoxy) is 1. The van der Waals surface area contributed by atoms with E-state index < -0.39 is 0 Å². The van der Waals surface area contributed by atoms with Gasteiger partial charge in [-0.15, -0.1) is 11.3 Å². The van der Waals surface area contributed by atoms with Crippen molar-refractivity contribution < 1.29 is 9.53 Å². The Kier molecular flexibility index (Phi) is 4.15. The second-order valence-corrected chi connectivity index (χ2v) is 6.17. The number of nitrogens with zero attached hydrogens (tertiary/aromatic N) is 1. The van der Waals surface area contributed by atoms with E-state index in [1.807, 2.05) is 11.4 Å². The van der Waals surface area contributed by atoms with Gasteiger partial charge in [-0.3, -0.25) is 9.69 Å². The Hall–Kier alpha value is -0.910. The van der Waals surface area contributed by atoms with Crippen LogP contribution in [0.3, 0.4) is 0 Å². The first-order chi connectivity index (χ1) is 9.34. The molecule has 0 unspecified atom stereocenters. The molecule has 3 rings (SSSR count). The molecule has 2 saturated heterocycles. The number of rotatable bonds is 3. The van der Waals surface area contributed by atoms with Gasteiger partial charge >= 0.3 is 0 Å². The average molecular weight is 280 g/mol. The summed E-state index contributed by atoms with van der Waals surface area (Å²) in [5, 5.41) is 5.01. The summed E-state index contributed by atoms with van der Waals surface area (Å²) in [5.41, 5.74) is 0. The third-order valence-corrected chi connectivity index (χ3v) is 4.76. The molecule has 5 heteroatoms. The van der Waals surface area contributed by atoms with Gasteiger partial charge in [-0.1, -0.05) is 6.07 Å². The van der Waals surface area contributed by atoms with Crippen LogP contribution in [0.1, 0.15) is 30.2 Å². The summed E-state index contributed by atoms with van der Waals surface area (Å²) in [6.45, 7) is 3.39. The average Bonchev–Trinajstić information content (AvgIpc) is 2.94. The zero-order chi connectivity index (χ0) is 13.1. The Balaban J connectivity index is 1.71. The third-order valence-electron chi connectivity index (χ3n) is 3.84. The molecule has 4 nitrogen and oxygen atoms in total. The van der Waals surface area contributed by atoms with Crippen molar-refractivity contribution in [1.29, 1.82) is 0 Å². The minimum Gasteiger partial charge on any atom is -0.377 e. The van der Waals surface area contributed by atoms with E-state index in [1.54, 1.807) is 11.3 Å². The fraction of sp³-hybridized carbons (Fsp3) is 0.643. The number of nitrogens with one attached hydrogen (secondary N) is 1. The lowest BCUT2D eigenvalue weighted by Gasteiger charge is -2.37. The molecular weight excluding hydrogens is 260 g/mol. The van der Waals surface area contributed by atoms with Gasteiger partial charge in [-0.05, 0) is 30.7 Å². The Morgan fingerprint density at radius 1 is 1.47 bits per heavy atom. The van der Waals surface area contributed by atoms with Crippen LogP contribution in [0.15, 0.2) is 17.5 Å². The van der Waals surface area contributed by atoms with E-state index in [0.29, 0.717) is 6.10 Å². The van der Waals surface area contributed by atoms with Crippen molar-refractivity contribution in [3.05, 3.63) is 22.4 Å². The molecule has 0 bridgehead atoms. The normalized spacial score (nSPS) is 29.2. The van der Waals surface area contributed by atoms with Gasteiger partial charge in [0.05, 0.1) is 6.10 Å². The van der Waals surface area contributed by atoms with Gasteiger partial charge in [-0.2, -0.15) is 0 Å². The summed E-state index contributed by atoms with van der Waals surface area (Å²) in [6.07, 6.45) is 3.83. The Morgan fingerprint density at radius 3 is 3.16 bits per heavy atom. The summed E-state index contributed by atoms with van der Waals surface area (Å²) < 4.78 is 5.81. The molecule has 1 amide bonds. The molecule has 2 fully saturated rings. The van der Waals surface area contributed by atoms with E-state index in [-0.39, 0.29) is 11.9 Å². The van der Waals surface area contributed by atoms with E-state index in [2.05, 4.69) is 16.3 Å². The van der Waals surface area contributed by atoms with Crippen LogP contribution in [0, 0.1) is 0 Å². The first kappa shape index (κ1) is 13.1. The number of carbonyl (C=O) groups excluding carboxylic acids is 1. The molecule has 1 N–H and O–H groups in total. The summed E-state index contributed by atoms with van der Waals surface area (Å²) in [5.74, 6) is 0.129. The van der Waals surface area contributed by atoms with E-state index in [9.17, 15) is 4.79 Å². The van der Waals surface area contributed by atoms with Crippen LogP contribution in [0.4, 0.5) is 0 Å². The van der Waals surface area contributed by atoms with Crippen LogP contribution >= 0.6 is 11.3 Å². The lowest BCUT2D eigenvalue weighted by molar-refractivity contribution is -0.130. The maximum atomic E-state index is 12.2. The maximum Gasteiger partial charge on any atom is 0.242 e. The Bertz CT molecular complexity index is 415. The standard InChI is InChI=1S/C14H20N2O2S/c17-14-13(12-5-3-9-19-12)16(7-6-15-14)10-11-4-1-2-8-18-11/h3,5,9,11,13H,1-2,4,6-8,10H2,(H,15,17)/t11-,13+/m1/s1. The predicted octanol–water partition coefficient (Wildman–Crippen LogP) is 1.79. The van der Waals surface area contributed by atoms with Gasteiger partial charge in [0, 0.05) is 31.1 Å². The summed E-state index contributed by atoms with van der Waals surface area (Å²) in [4.78, 5) is 15.6. The van der Waals surface area contributed by atoms with Crippen molar-refractivity contribution in [2.45, 2.75) is 31.4 Å². The first-order valence-electron chi connectivity index (χ1n) is 7.01. The molecule has 104 valence electrons. The van der Waals surface area contributed by atoms with Crippen molar-refractivity contribution >= 4 is 17.2 Å². The second kappa shape index (κ2) is 6.03. The molecule has 3 heterocycles. The molecule has 1 aromatic rings. The van der Waals surface area contributed by atoms with Crippen LogP contribution in [0.25, 0.3) is 0 Å². The van der Waals surface area contributed by atoms with Crippen molar-refractivity contribution in [3.8, 4) is 0 Å². The van der Waals surface area contributed by atoms with Gasteiger partial charge in [0.1, 0.15) is 6.04 Å². The monoisotopic (exact) mass is 280 g/mol. The molecule has 1 aromatic heterocycles. The number of piperazine rings is 1. The lowest BCUT2D eigenvalue weighted by atomic mass is 10.1. The zero-order valence-corrected chi connectivity index (χ0v) is 11.8. The first-order valence-corrected chi connectivity index (χ1v) is 7.89. The lowest BCUT2D eigenvalue weighted by Crippen LogP contribution is -2.52. The predicted molar refractivity (Wildman–Crippen MR) is 75.2 cm³/mol. The molecule has 2 aliphatic heterocycles. The highest BCUT2D eigenvalue weighted by molar-refractivity contribution is 7.10. The van der Waals surface area contributed by atoms with Gasteiger partial charge in [-0.25, -0.2) is 0 Å². The van der Waals surface area contributed by atoms with Crippen molar-refractivity contribution in [2.24, 2.45) is 0 Å². The van der Waals surface area contributed by atoms with E-state index in [1.165, 1.54) is 12.8 Å². The van der Waals surface area contributed by atoms with Crippen molar-refractivity contribution in [2.75, 3.05) is 26.2 Å². The van der Waals surface area contributed by atoms with Gasteiger partial charge in [0.2, 0.25) is 5.91 Å². The third kappa shape index (κ3) is 2.99. The van der Waals surface area contributed by atoms with Gasteiger partial charge in [0.25, 0.3) is 0 Å². The quantitative estimate of drug-likeness (QED) is 0.918. The smallest absolute Gasteiger partial charge is 0.242 e. The molecule has 0 radical (unpaired) electrons.